The van der Waals surface area contributed by atoms with Crippen LogP contribution in [0, 0.1) is 5.82 Å². The average Bonchev–Trinajstić information content (AvgIpc) is 3.59. The lowest BCUT2D eigenvalue weighted by molar-refractivity contribution is -0.127. The van der Waals surface area contributed by atoms with E-state index in [-0.39, 0.29) is 54.1 Å². The van der Waals surface area contributed by atoms with Crippen LogP contribution in [0.15, 0.2) is 53.7 Å². The number of ketones is 1. The van der Waals surface area contributed by atoms with Gasteiger partial charge in [-0.1, -0.05) is 30.0 Å². The molecule has 2 aliphatic rings. The molecule has 0 radical (unpaired) electrons. The van der Waals surface area contributed by atoms with E-state index in [1.165, 1.54) is 28.9 Å². The molecule has 0 bridgehead atoms. The predicted octanol–water partition coefficient (Wildman–Crippen LogP) is 2.31. The van der Waals surface area contributed by atoms with Crippen LogP contribution in [0.1, 0.15) is 31.1 Å². The Bertz CT molecular complexity index is 1400. The molecule has 11 heteroatoms. The molecule has 0 atom stereocenters. The fourth-order valence-corrected chi connectivity index (χ4v) is 5.01. The van der Waals surface area contributed by atoms with Crippen LogP contribution in [0.5, 0.6) is 0 Å². The average molecular weight is 508 g/mol. The van der Waals surface area contributed by atoms with Gasteiger partial charge in [0.15, 0.2) is 5.17 Å². The van der Waals surface area contributed by atoms with Gasteiger partial charge >= 0.3 is 0 Å². The van der Waals surface area contributed by atoms with Crippen molar-refractivity contribution in [2.24, 2.45) is 4.99 Å². The van der Waals surface area contributed by atoms with E-state index in [2.05, 4.69) is 15.3 Å². The van der Waals surface area contributed by atoms with Crippen LogP contribution in [0.3, 0.4) is 0 Å². The minimum atomic E-state index is -0.878. The molecule has 184 valence electrons. The molecule has 2 N–H and O–H groups in total. The predicted molar refractivity (Wildman–Crippen MR) is 134 cm³/mol. The number of fused-ring (bicyclic) bond motifs is 1. The highest BCUT2D eigenvalue weighted by molar-refractivity contribution is 8.14. The molecule has 3 heterocycles. The first-order valence-corrected chi connectivity index (χ1v) is 12.4. The van der Waals surface area contributed by atoms with Gasteiger partial charge in [-0.2, -0.15) is 0 Å². The number of carbonyl (C=O) groups excluding carboxylic acids is 4. The van der Waals surface area contributed by atoms with E-state index in [9.17, 15) is 23.6 Å². The van der Waals surface area contributed by atoms with Crippen molar-refractivity contribution >= 4 is 51.3 Å². The zero-order chi connectivity index (χ0) is 25.2. The third kappa shape index (κ3) is 4.49. The topological polar surface area (TPSA) is 115 Å². The maximum Gasteiger partial charge on any atom is 0.295 e. The van der Waals surface area contributed by atoms with E-state index in [0.717, 1.165) is 11.8 Å². The van der Waals surface area contributed by atoms with Crippen molar-refractivity contribution in [2.45, 2.75) is 0 Å². The number of halogens is 1. The van der Waals surface area contributed by atoms with Gasteiger partial charge in [-0.15, -0.1) is 0 Å². The molecule has 1 aromatic heterocycles. The summed E-state index contributed by atoms with van der Waals surface area (Å²) in [5.74, 6) is -2.23. The monoisotopic (exact) mass is 507 g/mol. The van der Waals surface area contributed by atoms with Gasteiger partial charge in [-0.25, -0.2) is 4.39 Å². The van der Waals surface area contributed by atoms with Crippen molar-refractivity contribution in [3.8, 4) is 0 Å². The summed E-state index contributed by atoms with van der Waals surface area (Å²) in [6.07, 6.45) is 1.25. The first-order valence-electron chi connectivity index (χ1n) is 11.4. The lowest BCUT2D eigenvalue weighted by Gasteiger charge is -2.34. The number of piperazine rings is 1. The minimum Gasteiger partial charge on any atom is -0.360 e. The maximum absolute atomic E-state index is 14.8. The van der Waals surface area contributed by atoms with Crippen LogP contribution in [-0.2, 0) is 4.79 Å². The number of thioether (sulfide) groups is 1. The van der Waals surface area contributed by atoms with E-state index in [0.29, 0.717) is 17.3 Å². The van der Waals surface area contributed by atoms with Crippen molar-refractivity contribution in [3.63, 3.8) is 0 Å². The van der Waals surface area contributed by atoms with Crippen molar-refractivity contribution in [1.29, 1.82) is 0 Å². The SMILES string of the molecule is O=C(NC1=NCCS1)c1ccc(F)c2c(C(=O)C(=O)N3CCN(C(=O)c4ccccc4)CC3)c[nH]c12. The molecule has 0 saturated carbocycles. The molecule has 3 aromatic rings. The summed E-state index contributed by atoms with van der Waals surface area (Å²) >= 11 is 1.41. The fraction of sp³-hybridized carbons (Fsp3) is 0.240. The van der Waals surface area contributed by atoms with Crippen molar-refractivity contribution in [1.82, 2.24) is 20.1 Å². The third-order valence-corrected chi connectivity index (χ3v) is 7.04. The molecule has 0 unspecified atom stereocenters. The number of nitrogens with one attached hydrogen (secondary N) is 2. The summed E-state index contributed by atoms with van der Waals surface area (Å²) < 4.78 is 14.8. The number of H-pyrrole nitrogens is 1. The number of carbonyl (C=O) groups is 4. The summed E-state index contributed by atoms with van der Waals surface area (Å²) in [4.78, 5) is 61.4. The number of aromatic amines is 1. The molecule has 3 amide bonds. The molecule has 1 saturated heterocycles. The molecular weight excluding hydrogens is 485 g/mol. The highest BCUT2D eigenvalue weighted by Gasteiger charge is 2.31. The number of aliphatic imine (C=N–C) groups is 1. The Balaban J connectivity index is 1.31. The van der Waals surface area contributed by atoms with Crippen LogP contribution in [0.4, 0.5) is 4.39 Å². The fourth-order valence-electron chi connectivity index (χ4n) is 4.29. The highest BCUT2D eigenvalue weighted by atomic mass is 32.2. The lowest BCUT2D eigenvalue weighted by atomic mass is 10.0. The number of benzene rings is 2. The first-order chi connectivity index (χ1) is 17.4. The van der Waals surface area contributed by atoms with Gasteiger partial charge in [-0.3, -0.25) is 24.2 Å². The number of amides is 3. The molecule has 1 fully saturated rings. The zero-order valence-corrected chi connectivity index (χ0v) is 19.9. The zero-order valence-electron chi connectivity index (χ0n) is 19.1. The Kier molecular flexibility index (Phi) is 6.55. The number of rotatable bonds is 4. The first kappa shape index (κ1) is 23.7. The minimum absolute atomic E-state index is 0.111. The molecular formula is C25H22FN5O4S. The molecule has 9 nitrogen and oxygen atoms in total. The van der Waals surface area contributed by atoms with Gasteiger partial charge < -0.3 is 20.1 Å². The van der Waals surface area contributed by atoms with Gasteiger partial charge in [0.1, 0.15) is 5.82 Å². The maximum atomic E-state index is 14.8. The molecule has 0 aliphatic carbocycles. The van der Waals surface area contributed by atoms with Crippen LogP contribution < -0.4 is 5.32 Å². The smallest absolute Gasteiger partial charge is 0.295 e. The van der Waals surface area contributed by atoms with Crippen molar-refractivity contribution in [3.05, 3.63) is 71.2 Å². The van der Waals surface area contributed by atoms with Gasteiger partial charge in [0, 0.05) is 49.1 Å². The second-order valence-electron chi connectivity index (χ2n) is 8.32. The van der Waals surface area contributed by atoms with E-state index >= 15 is 0 Å². The Labute approximate surface area is 209 Å². The number of nitrogens with zero attached hydrogens (tertiary/aromatic N) is 3. The third-order valence-electron chi connectivity index (χ3n) is 6.15. The van der Waals surface area contributed by atoms with Gasteiger partial charge in [0.05, 0.1) is 23.2 Å². The van der Waals surface area contributed by atoms with E-state index < -0.39 is 23.4 Å². The van der Waals surface area contributed by atoms with Gasteiger partial charge in [-0.05, 0) is 24.3 Å². The van der Waals surface area contributed by atoms with E-state index in [4.69, 9.17) is 0 Å². The Hall–Kier alpha value is -3.99. The summed E-state index contributed by atoms with van der Waals surface area (Å²) in [5, 5.41) is 3.06. The van der Waals surface area contributed by atoms with Crippen LogP contribution in [0.25, 0.3) is 10.9 Å². The molecule has 2 aliphatic heterocycles. The van der Waals surface area contributed by atoms with Crippen molar-refractivity contribution < 1.29 is 23.6 Å². The second-order valence-corrected chi connectivity index (χ2v) is 9.40. The quantitative estimate of drug-likeness (QED) is 0.416. The summed E-state index contributed by atoms with van der Waals surface area (Å²) in [6.45, 7) is 1.53. The van der Waals surface area contributed by atoms with Crippen LogP contribution >= 0.6 is 11.8 Å². The van der Waals surface area contributed by atoms with E-state index in [1.54, 1.807) is 29.2 Å². The standard InChI is InChI=1S/C25H22FN5O4S/c26-18-7-6-16(22(33)29-25-27-8-13-36-25)20-19(18)17(14-28-20)21(32)24(35)31-11-9-30(10-12-31)23(34)15-4-2-1-3-5-15/h1-7,14,28H,8-13H2,(H,27,29,33). The number of aromatic nitrogens is 1. The number of Topliss-reactive ketones (excluding diaryl/α,β-unsaturated/α-hetero) is 1. The van der Waals surface area contributed by atoms with E-state index in [1.807, 2.05) is 6.07 Å². The molecule has 2 aromatic carbocycles. The second kappa shape index (κ2) is 9.94. The van der Waals surface area contributed by atoms with Crippen LogP contribution in [-0.4, -0.2) is 81.9 Å². The largest absolute Gasteiger partial charge is 0.360 e. The lowest BCUT2D eigenvalue weighted by Crippen LogP contribution is -2.52. The van der Waals surface area contributed by atoms with Gasteiger partial charge in [0.2, 0.25) is 0 Å². The Morgan fingerprint density at radius 1 is 0.944 bits per heavy atom. The van der Waals surface area contributed by atoms with Gasteiger partial charge in [0.25, 0.3) is 23.5 Å². The summed E-state index contributed by atoms with van der Waals surface area (Å²) in [7, 11) is 0. The molecule has 36 heavy (non-hydrogen) atoms. The molecule has 5 rings (SSSR count). The summed E-state index contributed by atoms with van der Waals surface area (Å²) in [5.41, 5.74) is 0.685. The highest BCUT2D eigenvalue weighted by Crippen LogP contribution is 2.26. The normalized spacial score (nSPS) is 15.6. The number of hydrogen-bond donors (Lipinski definition) is 2. The van der Waals surface area contributed by atoms with Crippen LogP contribution in [0.2, 0.25) is 0 Å². The van der Waals surface area contributed by atoms with Crippen molar-refractivity contribution in [2.75, 3.05) is 38.5 Å². The summed E-state index contributed by atoms with van der Waals surface area (Å²) in [6, 6.07) is 11.3. The Morgan fingerprint density at radius 3 is 2.36 bits per heavy atom. The number of amidine groups is 1. The Morgan fingerprint density at radius 2 is 1.67 bits per heavy atom. The number of hydrogen-bond acceptors (Lipinski definition) is 6. The molecule has 0 spiro atoms.